The molecule has 0 spiro atoms. The van der Waals surface area contributed by atoms with Gasteiger partial charge in [-0.15, -0.1) is 0 Å². The zero-order chi connectivity index (χ0) is 18.8. The van der Waals surface area contributed by atoms with Gasteiger partial charge in [-0.25, -0.2) is 0 Å². The van der Waals surface area contributed by atoms with Crippen molar-refractivity contribution in [2.45, 2.75) is 20.0 Å². The Morgan fingerprint density at radius 2 is 1.92 bits per heavy atom. The quantitative estimate of drug-likeness (QED) is 0.886. The summed E-state index contributed by atoms with van der Waals surface area (Å²) in [5.41, 5.74) is -0.565. The first-order valence-corrected chi connectivity index (χ1v) is 7.44. The van der Waals surface area contributed by atoms with Crippen LogP contribution in [0, 0.1) is 6.92 Å². The zero-order valence-electron chi connectivity index (χ0n) is 13.9. The van der Waals surface area contributed by atoms with E-state index in [1.165, 1.54) is 13.1 Å². The molecule has 0 aliphatic carbocycles. The predicted octanol–water partition coefficient (Wildman–Crippen LogP) is 2.75. The molecule has 0 bridgehead atoms. The summed E-state index contributed by atoms with van der Waals surface area (Å²) in [6.45, 7) is 3.86. The molecule has 0 unspecified atom stereocenters. The van der Waals surface area contributed by atoms with E-state index in [-0.39, 0.29) is 11.6 Å². The Morgan fingerprint density at radius 1 is 1.24 bits per heavy atom. The Labute approximate surface area is 142 Å². The van der Waals surface area contributed by atoms with Gasteiger partial charge in [0.05, 0.1) is 6.20 Å². The summed E-state index contributed by atoms with van der Waals surface area (Å²) in [5, 5.41) is 8.55. The van der Waals surface area contributed by atoms with Crippen LogP contribution in [0.3, 0.4) is 0 Å². The second-order valence-corrected chi connectivity index (χ2v) is 5.37. The predicted molar refractivity (Wildman–Crippen MR) is 85.3 cm³/mol. The van der Waals surface area contributed by atoms with Gasteiger partial charge in [0.15, 0.2) is 0 Å². The molecule has 0 atom stereocenters. The molecule has 0 saturated heterocycles. The van der Waals surface area contributed by atoms with Crippen LogP contribution in [0.1, 0.15) is 38.9 Å². The molecule has 0 fully saturated rings. The SMILES string of the molecule is CCNC(=O)c1ccc(C)c(NC(=O)c2c(C(F)(F)F)cnn2C)c1. The molecular formula is C16H17F3N4O2. The van der Waals surface area contributed by atoms with Gasteiger partial charge < -0.3 is 10.6 Å². The molecule has 1 aromatic carbocycles. The second kappa shape index (κ2) is 6.96. The van der Waals surface area contributed by atoms with Gasteiger partial charge in [-0.3, -0.25) is 14.3 Å². The number of aromatic nitrogens is 2. The van der Waals surface area contributed by atoms with Gasteiger partial charge in [-0.2, -0.15) is 18.3 Å². The van der Waals surface area contributed by atoms with E-state index in [1.807, 2.05) is 0 Å². The molecule has 0 aliphatic heterocycles. The fourth-order valence-electron chi connectivity index (χ4n) is 2.26. The Bertz CT molecular complexity index is 812. The van der Waals surface area contributed by atoms with Crippen LogP contribution in [0.4, 0.5) is 18.9 Å². The van der Waals surface area contributed by atoms with Crippen molar-refractivity contribution in [2.75, 3.05) is 11.9 Å². The highest BCUT2D eigenvalue weighted by atomic mass is 19.4. The third-order valence-corrected chi connectivity index (χ3v) is 3.54. The minimum absolute atomic E-state index is 0.253. The van der Waals surface area contributed by atoms with Crippen molar-refractivity contribution in [3.05, 3.63) is 46.8 Å². The zero-order valence-corrected chi connectivity index (χ0v) is 13.9. The lowest BCUT2D eigenvalue weighted by Crippen LogP contribution is -2.24. The van der Waals surface area contributed by atoms with Gasteiger partial charge in [0.1, 0.15) is 11.3 Å². The second-order valence-electron chi connectivity index (χ2n) is 5.37. The van der Waals surface area contributed by atoms with Crippen LogP contribution < -0.4 is 10.6 Å². The average Bonchev–Trinajstić information content (AvgIpc) is 2.91. The summed E-state index contributed by atoms with van der Waals surface area (Å²) >= 11 is 0. The minimum Gasteiger partial charge on any atom is -0.352 e. The lowest BCUT2D eigenvalue weighted by Gasteiger charge is -2.13. The molecule has 25 heavy (non-hydrogen) atoms. The topological polar surface area (TPSA) is 76.0 Å². The summed E-state index contributed by atoms with van der Waals surface area (Å²) < 4.78 is 39.9. The molecule has 2 N–H and O–H groups in total. The van der Waals surface area contributed by atoms with Crippen LogP contribution in [-0.2, 0) is 13.2 Å². The lowest BCUT2D eigenvalue weighted by molar-refractivity contribution is -0.138. The number of nitrogens with zero attached hydrogens (tertiary/aromatic N) is 2. The van der Waals surface area contributed by atoms with Crippen molar-refractivity contribution in [2.24, 2.45) is 7.05 Å². The van der Waals surface area contributed by atoms with E-state index in [4.69, 9.17) is 0 Å². The fourth-order valence-corrected chi connectivity index (χ4v) is 2.26. The number of rotatable bonds is 4. The Balaban J connectivity index is 2.35. The fraction of sp³-hybridized carbons (Fsp3) is 0.312. The molecular weight excluding hydrogens is 337 g/mol. The number of carbonyl (C=O) groups is 2. The molecule has 0 radical (unpaired) electrons. The summed E-state index contributed by atoms with van der Waals surface area (Å²) in [6, 6.07) is 4.59. The van der Waals surface area contributed by atoms with Gasteiger partial charge in [-0.1, -0.05) is 6.07 Å². The van der Waals surface area contributed by atoms with Crippen molar-refractivity contribution in [3.8, 4) is 0 Å². The minimum atomic E-state index is -4.70. The number of anilines is 1. The van der Waals surface area contributed by atoms with Crippen molar-refractivity contribution in [1.82, 2.24) is 15.1 Å². The van der Waals surface area contributed by atoms with E-state index in [2.05, 4.69) is 15.7 Å². The van der Waals surface area contributed by atoms with Crippen LogP contribution in [0.5, 0.6) is 0 Å². The normalized spacial score (nSPS) is 11.3. The van der Waals surface area contributed by atoms with E-state index in [1.54, 1.807) is 26.0 Å². The van der Waals surface area contributed by atoms with E-state index >= 15 is 0 Å². The average molecular weight is 354 g/mol. The van der Waals surface area contributed by atoms with Gasteiger partial charge >= 0.3 is 6.18 Å². The maximum Gasteiger partial charge on any atom is 0.420 e. The summed E-state index contributed by atoms with van der Waals surface area (Å²) in [5.74, 6) is -1.29. The van der Waals surface area contributed by atoms with Crippen LogP contribution in [0.2, 0.25) is 0 Å². The van der Waals surface area contributed by atoms with Crippen LogP contribution in [0.15, 0.2) is 24.4 Å². The van der Waals surface area contributed by atoms with E-state index in [0.717, 1.165) is 4.68 Å². The molecule has 0 aliphatic rings. The summed E-state index contributed by atoms with van der Waals surface area (Å²) in [4.78, 5) is 24.2. The van der Waals surface area contributed by atoms with E-state index < -0.39 is 23.3 Å². The van der Waals surface area contributed by atoms with Gasteiger partial charge in [0.2, 0.25) is 0 Å². The maximum atomic E-state index is 13.0. The van der Waals surface area contributed by atoms with Gasteiger partial charge in [-0.05, 0) is 31.5 Å². The number of carbonyl (C=O) groups excluding carboxylic acids is 2. The highest BCUT2D eigenvalue weighted by Gasteiger charge is 2.38. The van der Waals surface area contributed by atoms with Gasteiger partial charge in [0.25, 0.3) is 11.8 Å². The molecule has 6 nitrogen and oxygen atoms in total. The summed E-state index contributed by atoms with van der Waals surface area (Å²) in [7, 11) is 1.25. The third-order valence-electron chi connectivity index (χ3n) is 3.54. The standard InChI is InChI=1S/C16H17F3N4O2/c1-4-20-14(24)10-6-5-9(2)12(7-10)22-15(25)13-11(16(17,18)19)8-21-23(13)3/h5-8H,4H2,1-3H3,(H,20,24)(H,22,25). The van der Waals surface area contributed by atoms with Crippen molar-refractivity contribution < 1.29 is 22.8 Å². The molecule has 0 saturated carbocycles. The van der Waals surface area contributed by atoms with Crippen molar-refractivity contribution in [1.29, 1.82) is 0 Å². The van der Waals surface area contributed by atoms with E-state index in [0.29, 0.717) is 23.9 Å². The number of nitrogens with one attached hydrogen (secondary N) is 2. The first-order valence-electron chi connectivity index (χ1n) is 7.44. The van der Waals surface area contributed by atoms with Crippen LogP contribution in [-0.4, -0.2) is 28.1 Å². The largest absolute Gasteiger partial charge is 0.420 e. The highest BCUT2D eigenvalue weighted by Crippen LogP contribution is 2.32. The lowest BCUT2D eigenvalue weighted by atomic mass is 10.1. The molecule has 1 heterocycles. The Morgan fingerprint density at radius 3 is 2.52 bits per heavy atom. The molecule has 2 amide bonds. The Hall–Kier alpha value is -2.84. The molecule has 2 aromatic rings. The van der Waals surface area contributed by atoms with Crippen LogP contribution >= 0.6 is 0 Å². The number of alkyl halides is 3. The van der Waals surface area contributed by atoms with Gasteiger partial charge in [0, 0.05) is 24.8 Å². The number of hydrogen-bond donors (Lipinski definition) is 2. The smallest absolute Gasteiger partial charge is 0.352 e. The third kappa shape index (κ3) is 3.98. The highest BCUT2D eigenvalue weighted by molar-refractivity contribution is 6.05. The monoisotopic (exact) mass is 354 g/mol. The molecule has 134 valence electrons. The first-order chi connectivity index (χ1) is 11.6. The number of aryl methyl sites for hydroxylation is 2. The maximum absolute atomic E-state index is 13.0. The van der Waals surface area contributed by atoms with Crippen molar-refractivity contribution in [3.63, 3.8) is 0 Å². The van der Waals surface area contributed by atoms with Crippen molar-refractivity contribution >= 4 is 17.5 Å². The molecule has 2 rings (SSSR count). The van der Waals surface area contributed by atoms with E-state index in [9.17, 15) is 22.8 Å². The molecule has 9 heteroatoms. The Kier molecular flexibility index (Phi) is 5.15. The number of halogens is 3. The molecule has 1 aromatic heterocycles. The number of hydrogen-bond acceptors (Lipinski definition) is 3. The van der Waals surface area contributed by atoms with Crippen LogP contribution in [0.25, 0.3) is 0 Å². The summed E-state index contributed by atoms with van der Waals surface area (Å²) in [6.07, 6.45) is -4.09. The number of benzene rings is 1. The first kappa shape index (κ1) is 18.5. The number of amides is 2.